The Morgan fingerprint density at radius 2 is 1.89 bits per heavy atom. The summed E-state index contributed by atoms with van der Waals surface area (Å²) in [5, 5.41) is 3.56. The quantitative estimate of drug-likeness (QED) is 0.869. The van der Waals surface area contributed by atoms with Gasteiger partial charge in [-0.25, -0.2) is 0 Å². The fraction of sp³-hybridized carbons (Fsp3) is 0.250. The molecule has 1 atom stereocenters. The summed E-state index contributed by atoms with van der Waals surface area (Å²) in [6, 6.07) is 15.3. The van der Waals surface area contributed by atoms with Gasteiger partial charge in [0.25, 0.3) is 0 Å². The van der Waals surface area contributed by atoms with Crippen molar-refractivity contribution in [1.82, 2.24) is 5.32 Å². The van der Waals surface area contributed by atoms with Crippen molar-refractivity contribution >= 4 is 0 Å². The Labute approximate surface area is 108 Å². The van der Waals surface area contributed by atoms with Crippen LogP contribution in [0.5, 0.6) is 5.75 Å². The molecule has 0 saturated carbocycles. The van der Waals surface area contributed by atoms with Crippen molar-refractivity contribution in [1.29, 1.82) is 0 Å². The first kappa shape index (κ1) is 11.3. The van der Waals surface area contributed by atoms with Crippen LogP contribution >= 0.6 is 0 Å². The molecule has 0 bridgehead atoms. The van der Waals surface area contributed by atoms with Gasteiger partial charge in [-0.05, 0) is 35.7 Å². The summed E-state index contributed by atoms with van der Waals surface area (Å²) in [5.41, 5.74) is 5.42. The standard InChI is InChI=1S/C16H17NO/c1-11-3-8-15-13(9-11)10-17-16(15)12-4-6-14(18-2)7-5-12/h3-9,16-17H,10H2,1-2H3. The third-order valence-electron chi connectivity index (χ3n) is 3.56. The molecule has 0 aromatic heterocycles. The number of hydrogen-bond donors (Lipinski definition) is 1. The Morgan fingerprint density at radius 3 is 2.61 bits per heavy atom. The molecule has 0 saturated heterocycles. The molecule has 2 nitrogen and oxygen atoms in total. The SMILES string of the molecule is COc1ccc(C2NCc3cc(C)ccc32)cc1. The lowest BCUT2D eigenvalue weighted by molar-refractivity contribution is 0.414. The molecular weight excluding hydrogens is 222 g/mol. The maximum atomic E-state index is 5.20. The second kappa shape index (κ2) is 4.46. The fourth-order valence-electron chi connectivity index (χ4n) is 2.58. The zero-order chi connectivity index (χ0) is 12.5. The molecule has 1 aliphatic heterocycles. The van der Waals surface area contributed by atoms with Gasteiger partial charge in [-0.15, -0.1) is 0 Å². The molecule has 0 radical (unpaired) electrons. The van der Waals surface area contributed by atoms with Gasteiger partial charge in [0.2, 0.25) is 0 Å². The lowest BCUT2D eigenvalue weighted by atomic mass is 9.97. The molecule has 92 valence electrons. The van der Waals surface area contributed by atoms with Crippen LogP contribution in [0.4, 0.5) is 0 Å². The van der Waals surface area contributed by atoms with Crippen molar-refractivity contribution in [3.05, 3.63) is 64.7 Å². The number of ether oxygens (including phenoxy) is 1. The van der Waals surface area contributed by atoms with Crippen molar-refractivity contribution in [2.45, 2.75) is 19.5 Å². The topological polar surface area (TPSA) is 21.3 Å². The average Bonchev–Trinajstić information content (AvgIpc) is 2.81. The number of methoxy groups -OCH3 is 1. The monoisotopic (exact) mass is 239 g/mol. The highest BCUT2D eigenvalue weighted by Gasteiger charge is 2.22. The Hall–Kier alpha value is -1.80. The Bertz CT molecular complexity index is 560. The zero-order valence-corrected chi connectivity index (χ0v) is 10.7. The summed E-state index contributed by atoms with van der Waals surface area (Å²) in [5.74, 6) is 0.904. The maximum Gasteiger partial charge on any atom is 0.118 e. The molecule has 1 heterocycles. The Balaban J connectivity index is 1.95. The van der Waals surface area contributed by atoms with Gasteiger partial charge < -0.3 is 10.1 Å². The summed E-state index contributed by atoms with van der Waals surface area (Å²) >= 11 is 0. The van der Waals surface area contributed by atoms with Crippen LogP contribution in [-0.4, -0.2) is 7.11 Å². The summed E-state index contributed by atoms with van der Waals surface area (Å²) in [7, 11) is 1.70. The number of benzene rings is 2. The number of aryl methyl sites for hydroxylation is 1. The van der Waals surface area contributed by atoms with E-state index in [0.29, 0.717) is 6.04 Å². The van der Waals surface area contributed by atoms with Gasteiger partial charge in [0, 0.05) is 6.54 Å². The minimum atomic E-state index is 0.312. The smallest absolute Gasteiger partial charge is 0.118 e. The molecule has 1 aliphatic rings. The summed E-state index contributed by atoms with van der Waals surface area (Å²) in [6.07, 6.45) is 0. The molecule has 18 heavy (non-hydrogen) atoms. The zero-order valence-electron chi connectivity index (χ0n) is 10.7. The molecule has 1 N–H and O–H groups in total. The van der Waals surface area contributed by atoms with Gasteiger partial charge in [-0.3, -0.25) is 0 Å². The first-order valence-corrected chi connectivity index (χ1v) is 6.24. The van der Waals surface area contributed by atoms with Crippen LogP contribution in [0, 0.1) is 6.92 Å². The van der Waals surface area contributed by atoms with Crippen LogP contribution in [0.1, 0.15) is 28.3 Å². The fourth-order valence-corrected chi connectivity index (χ4v) is 2.58. The highest BCUT2D eigenvalue weighted by molar-refractivity contribution is 5.43. The third kappa shape index (κ3) is 1.89. The van der Waals surface area contributed by atoms with E-state index in [9.17, 15) is 0 Å². The summed E-state index contributed by atoms with van der Waals surface area (Å²) in [6.45, 7) is 3.09. The average molecular weight is 239 g/mol. The first-order chi connectivity index (χ1) is 8.78. The van der Waals surface area contributed by atoms with Gasteiger partial charge >= 0.3 is 0 Å². The van der Waals surface area contributed by atoms with E-state index >= 15 is 0 Å². The van der Waals surface area contributed by atoms with Gasteiger partial charge in [-0.1, -0.05) is 35.9 Å². The van der Waals surface area contributed by atoms with Crippen LogP contribution in [0.2, 0.25) is 0 Å². The number of nitrogens with one attached hydrogen (secondary N) is 1. The van der Waals surface area contributed by atoms with Crippen molar-refractivity contribution < 1.29 is 4.74 Å². The van der Waals surface area contributed by atoms with E-state index in [-0.39, 0.29) is 0 Å². The molecule has 0 spiro atoms. The van der Waals surface area contributed by atoms with Crippen molar-refractivity contribution in [2.24, 2.45) is 0 Å². The Kier molecular flexibility index (Phi) is 2.80. The third-order valence-corrected chi connectivity index (χ3v) is 3.56. The second-order valence-corrected chi connectivity index (χ2v) is 4.79. The van der Waals surface area contributed by atoms with Gasteiger partial charge in [0.05, 0.1) is 13.2 Å². The largest absolute Gasteiger partial charge is 0.497 e. The molecule has 3 rings (SSSR count). The van der Waals surface area contributed by atoms with E-state index in [1.165, 1.54) is 22.3 Å². The lowest BCUT2D eigenvalue weighted by Crippen LogP contribution is -2.13. The molecule has 1 unspecified atom stereocenters. The molecular formula is C16H17NO. The van der Waals surface area contributed by atoms with E-state index in [4.69, 9.17) is 4.74 Å². The molecule has 2 heteroatoms. The van der Waals surface area contributed by atoms with Gasteiger partial charge in [0.15, 0.2) is 0 Å². The van der Waals surface area contributed by atoms with Crippen LogP contribution < -0.4 is 10.1 Å². The van der Waals surface area contributed by atoms with Crippen LogP contribution in [0.15, 0.2) is 42.5 Å². The van der Waals surface area contributed by atoms with Crippen LogP contribution in [-0.2, 0) is 6.54 Å². The number of rotatable bonds is 2. The lowest BCUT2D eigenvalue weighted by Gasteiger charge is -2.13. The van der Waals surface area contributed by atoms with E-state index in [1.54, 1.807) is 7.11 Å². The van der Waals surface area contributed by atoms with Gasteiger partial charge in [0.1, 0.15) is 5.75 Å². The number of hydrogen-bond acceptors (Lipinski definition) is 2. The molecule has 0 fully saturated rings. The minimum absolute atomic E-state index is 0.312. The predicted molar refractivity (Wildman–Crippen MR) is 72.9 cm³/mol. The summed E-state index contributed by atoms with van der Waals surface area (Å²) in [4.78, 5) is 0. The minimum Gasteiger partial charge on any atom is -0.497 e. The van der Waals surface area contributed by atoms with Crippen LogP contribution in [0.25, 0.3) is 0 Å². The second-order valence-electron chi connectivity index (χ2n) is 4.79. The van der Waals surface area contributed by atoms with E-state index in [0.717, 1.165) is 12.3 Å². The van der Waals surface area contributed by atoms with Crippen molar-refractivity contribution in [3.8, 4) is 5.75 Å². The highest BCUT2D eigenvalue weighted by atomic mass is 16.5. The van der Waals surface area contributed by atoms with Gasteiger partial charge in [-0.2, -0.15) is 0 Å². The first-order valence-electron chi connectivity index (χ1n) is 6.24. The van der Waals surface area contributed by atoms with E-state index in [2.05, 4.69) is 42.6 Å². The van der Waals surface area contributed by atoms with E-state index < -0.39 is 0 Å². The van der Waals surface area contributed by atoms with Crippen molar-refractivity contribution in [3.63, 3.8) is 0 Å². The molecule has 0 aliphatic carbocycles. The predicted octanol–water partition coefficient (Wildman–Crippen LogP) is 3.20. The van der Waals surface area contributed by atoms with E-state index in [1.807, 2.05) is 12.1 Å². The van der Waals surface area contributed by atoms with Crippen molar-refractivity contribution in [2.75, 3.05) is 7.11 Å². The number of fused-ring (bicyclic) bond motifs is 1. The summed E-state index contributed by atoms with van der Waals surface area (Å²) < 4.78 is 5.20. The molecule has 2 aromatic rings. The molecule has 0 amide bonds. The maximum absolute atomic E-state index is 5.20. The molecule has 2 aromatic carbocycles. The highest BCUT2D eigenvalue weighted by Crippen LogP contribution is 2.32. The van der Waals surface area contributed by atoms with Crippen LogP contribution in [0.3, 0.4) is 0 Å². The normalized spacial score (nSPS) is 17.6. The Morgan fingerprint density at radius 1 is 1.11 bits per heavy atom.